The molecule has 0 radical (unpaired) electrons. The SMILES string of the molecule is NC(=O)c1c(-c2ccc(Oc3ccccc3)cc2)[nH]n2c3c(nc12)CCN(CCCCl)C3. The van der Waals surface area contributed by atoms with Crippen LogP contribution in [0.2, 0.25) is 0 Å². The number of aromatic nitrogens is 3. The number of hydrogen-bond donors (Lipinski definition) is 2. The number of para-hydroxylation sites is 1. The summed E-state index contributed by atoms with van der Waals surface area (Å²) in [6.07, 6.45) is 1.78. The fraction of sp³-hybridized carbons (Fsp3) is 0.250. The minimum Gasteiger partial charge on any atom is -0.457 e. The molecule has 4 aromatic rings. The van der Waals surface area contributed by atoms with Crippen molar-refractivity contribution in [3.05, 3.63) is 71.5 Å². The number of primary amides is 1. The van der Waals surface area contributed by atoms with Crippen LogP contribution in [0, 0.1) is 0 Å². The van der Waals surface area contributed by atoms with Gasteiger partial charge in [0.25, 0.3) is 5.91 Å². The van der Waals surface area contributed by atoms with Gasteiger partial charge in [0.15, 0.2) is 5.65 Å². The Morgan fingerprint density at radius 3 is 2.59 bits per heavy atom. The summed E-state index contributed by atoms with van der Waals surface area (Å²) in [4.78, 5) is 19.5. The summed E-state index contributed by atoms with van der Waals surface area (Å²) in [6.45, 7) is 2.64. The van der Waals surface area contributed by atoms with Crippen molar-refractivity contribution < 1.29 is 9.53 Å². The van der Waals surface area contributed by atoms with Gasteiger partial charge >= 0.3 is 0 Å². The molecule has 7 nitrogen and oxygen atoms in total. The van der Waals surface area contributed by atoms with E-state index in [0.29, 0.717) is 28.5 Å². The molecule has 32 heavy (non-hydrogen) atoms. The Labute approximate surface area is 190 Å². The maximum Gasteiger partial charge on any atom is 0.254 e. The summed E-state index contributed by atoms with van der Waals surface area (Å²) in [5.41, 5.74) is 10.4. The first-order chi connectivity index (χ1) is 15.6. The first-order valence-corrected chi connectivity index (χ1v) is 11.2. The molecule has 0 atom stereocenters. The number of carbonyl (C=O) groups excluding carboxylic acids is 1. The number of benzene rings is 2. The minimum absolute atomic E-state index is 0.406. The topological polar surface area (TPSA) is 88.7 Å². The number of carbonyl (C=O) groups is 1. The maximum absolute atomic E-state index is 12.4. The van der Waals surface area contributed by atoms with E-state index in [2.05, 4.69) is 10.00 Å². The smallest absolute Gasteiger partial charge is 0.254 e. The zero-order valence-electron chi connectivity index (χ0n) is 17.6. The number of rotatable bonds is 7. The Balaban J connectivity index is 1.48. The standard InChI is InChI=1S/C24H24ClN5O2/c25-12-4-13-29-14-11-19-20(15-29)30-24(27-19)21(23(26)31)22(28-30)16-7-9-18(10-8-16)32-17-5-2-1-3-6-17/h1-3,5-10,28H,4,11-15H2,(H2,26,31). The zero-order chi connectivity index (χ0) is 22.1. The van der Waals surface area contributed by atoms with E-state index in [1.807, 2.05) is 59.1 Å². The molecule has 0 saturated carbocycles. The number of hydrogen-bond acceptors (Lipinski definition) is 4. The Morgan fingerprint density at radius 1 is 1.12 bits per heavy atom. The van der Waals surface area contributed by atoms with Crippen LogP contribution in [-0.4, -0.2) is 44.4 Å². The average Bonchev–Trinajstić information content (AvgIpc) is 3.35. The Morgan fingerprint density at radius 2 is 1.88 bits per heavy atom. The fourth-order valence-electron chi connectivity index (χ4n) is 4.21. The third-order valence-corrected chi connectivity index (χ3v) is 6.03. The van der Waals surface area contributed by atoms with Gasteiger partial charge in [-0.1, -0.05) is 18.2 Å². The van der Waals surface area contributed by atoms with E-state index in [-0.39, 0.29) is 0 Å². The predicted octanol–water partition coefficient (Wildman–Crippen LogP) is 4.21. The second kappa shape index (κ2) is 8.68. The van der Waals surface area contributed by atoms with Crippen LogP contribution >= 0.6 is 11.6 Å². The van der Waals surface area contributed by atoms with Crippen molar-refractivity contribution in [2.75, 3.05) is 19.0 Å². The summed E-state index contributed by atoms with van der Waals surface area (Å²) >= 11 is 5.87. The van der Waals surface area contributed by atoms with Crippen LogP contribution in [0.25, 0.3) is 16.9 Å². The molecule has 0 fully saturated rings. The van der Waals surface area contributed by atoms with Crippen molar-refractivity contribution in [1.29, 1.82) is 0 Å². The van der Waals surface area contributed by atoms with Crippen molar-refractivity contribution >= 4 is 23.2 Å². The number of H-pyrrole nitrogens is 1. The first kappa shape index (κ1) is 20.6. The fourth-order valence-corrected chi connectivity index (χ4v) is 4.33. The van der Waals surface area contributed by atoms with Gasteiger partial charge < -0.3 is 10.5 Å². The minimum atomic E-state index is -0.503. The average molecular weight is 450 g/mol. The molecular formula is C24H24ClN5O2. The number of alkyl halides is 1. The molecule has 0 spiro atoms. The molecule has 2 aromatic carbocycles. The molecule has 164 valence electrons. The van der Waals surface area contributed by atoms with E-state index in [0.717, 1.165) is 55.2 Å². The second-order valence-electron chi connectivity index (χ2n) is 7.90. The van der Waals surface area contributed by atoms with Crippen LogP contribution < -0.4 is 10.5 Å². The number of amides is 1. The molecular weight excluding hydrogens is 426 g/mol. The molecule has 1 aliphatic heterocycles. The van der Waals surface area contributed by atoms with Crippen LogP contribution in [0.1, 0.15) is 28.2 Å². The molecule has 1 aliphatic rings. The molecule has 5 rings (SSSR count). The number of aromatic amines is 1. The van der Waals surface area contributed by atoms with E-state index in [4.69, 9.17) is 27.1 Å². The Bertz CT molecular complexity index is 1250. The van der Waals surface area contributed by atoms with E-state index in [9.17, 15) is 4.79 Å². The van der Waals surface area contributed by atoms with E-state index < -0.39 is 5.91 Å². The van der Waals surface area contributed by atoms with E-state index in [1.54, 1.807) is 0 Å². The summed E-state index contributed by atoms with van der Waals surface area (Å²) in [7, 11) is 0. The molecule has 8 heteroatoms. The lowest BCUT2D eigenvalue weighted by atomic mass is 10.1. The van der Waals surface area contributed by atoms with Crippen molar-refractivity contribution in [3.8, 4) is 22.8 Å². The highest BCUT2D eigenvalue weighted by Crippen LogP contribution is 2.31. The van der Waals surface area contributed by atoms with Gasteiger partial charge in [-0.3, -0.25) is 14.8 Å². The summed E-state index contributed by atoms with van der Waals surface area (Å²) in [6, 6.07) is 17.2. The van der Waals surface area contributed by atoms with Crippen LogP contribution in [0.15, 0.2) is 54.6 Å². The molecule has 0 unspecified atom stereocenters. The normalized spacial score (nSPS) is 13.9. The Kier molecular flexibility index (Phi) is 5.59. The number of nitrogens with two attached hydrogens (primary N) is 1. The number of halogens is 1. The molecule has 2 aromatic heterocycles. The monoisotopic (exact) mass is 449 g/mol. The highest BCUT2D eigenvalue weighted by molar-refractivity contribution is 6.17. The maximum atomic E-state index is 12.4. The molecule has 1 amide bonds. The molecule has 0 saturated heterocycles. The van der Waals surface area contributed by atoms with Crippen LogP contribution in [-0.2, 0) is 13.0 Å². The molecule has 0 bridgehead atoms. The molecule has 3 heterocycles. The molecule has 3 N–H and O–H groups in total. The number of nitrogens with one attached hydrogen (secondary N) is 1. The second-order valence-corrected chi connectivity index (χ2v) is 8.28. The van der Waals surface area contributed by atoms with Crippen LogP contribution in [0.5, 0.6) is 11.5 Å². The Hall–Kier alpha value is -3.29. The van der Waals surface area contributed by atoms with Gasteiger partial charge in [0.2, 0.25) is 0 Å². The highest BCUT2D eigenvalue weighted by Gasteiger charge is 2.27. The largest absolute Gasteiger partial charge is 0.457 e. The van der Waals surface area contributed by atoms with Crippen molar-refractivity contribution in [2.45, 2.75) is 19.4 Å². The van der Waals surface area contributed by atoms with Crippen LogP contribution in [0.4, 0.5) is 0 Å². The van der Waals surface area contributed by atoms with E-state index in [1.165, 1.54) is 0 Å². The van der Waals surface area contributed by atoms with Gasteiger partial charge in [0, 0.05) is 31.0 Å². The quantitative estimate of drug-likeness (QED) is 0.414. The summed E-state index contributed by atoms with van der Waals surface area (Å²) in [5.74, 6) is 1.62. The van der Waals surface area contributed by atoms with Gasteiger partial charge in [-0.05, 0) is 49.4 Å². The first-order valence-electron chi connectivity index (χ1n) is 10.7. The van der Waals surface area contributed by atoms with Crippen molar-refractivity contribution in [3.63, 3.8) is 0 Å². The lowest BCUT2D eigenvalue weighted by molar-refractivity contribution is 0.100. The van der Waals surface area contributed by atoms with Gasteiger partial charge in [-0.25, -0.2) is 9.50 Å². The number of fused-ring (bicyclic) bond motifs is 3. The number of nitrogens with zero attached hydrogens (tertiary/aromatic N) is 3. The number of ether oxygens (including phenoxy) is 1. The predicted molar refractivity (Wildman–Crippen MR) is 124 cm³/mol. The van der Waals surface area contributed by atoms with Crippen LogP contribution in [0.3, 0.4) is 0 Å². The van der Waals surface area contributed by atoms with Gasteiger partial charge in [0.05, 0.1) is 17.1 Å². The van der Waals surface area contributed by atoms with E-state index >= 15 is 0 Å². The van der Waals surface area contributed by atoms with Crippen molar-refractivity contribution in [1.82, 2.24) is 19.5 Å². The van der Waals surface area contributed by atoms with Gasteiger partial charge in [0.1, 0.15) is 17.1 Å². The van der Waals surface area contributed by atoms with Gasteiger partial charge in [-0.2, -0.15) is 0 Å². The zero-order valence-corrected chi connectivity index (χ0v) is 18.3. The number of imidazole rings is 1. The van der Waals surface area contributed by atoms with Gasteiger partial charge in [-0.15, -0.1) is 11.6 Å². The van der Waals surface area contributed by atoms with Crippen molar-refractivity contribution in [2.24, 2.45) is 5.73 Å². The lowest BCUT2D eigenvalue weighted by Gasteiger charge is -2.25. The summed E-state index contributed by atoms with van der Waals surface area (Å²) in [5, 5.41) is 3.38. The molecule has 0 aliphatic carbocycles. The lowest BCUT2D eigenvalue weighted by Crippen LogP contribution is -2.32. The summed E-state index contributed by atoms with van der Waals surface area (Å²) < 4.78 is 7.78. The highest BCUT2D eigenvalue weighted by atomic mass is 35.5. The third-order valence-electron chi connectivity index (χ3n) is 5.77. The third kappa shape index (κ3) is 3.85.